The van der Waals surface area contributed by atoms with Gasteiger partial charge in [0.05, 0.1) is 32.1 Å². The van der Waals surface area contributed by atoms with E-state index in [9.17, 15) is 9.59 Å². The highest BCUT2D eigenvalue weighted by molar-refractivity contribution is 5.75. The molecule has 0 spiro atoms. The van der Waals surface area contributed by atoms with Gasteiger partial charge in [0.1, 0.15) is 12.2 Å². The van der Waals surface area contributed by atoms with Gasteiger partial charge in [-0.25, -0.2) is 4.68 Å². The summed E-state index contributed by atoms with van der Waals surface area (Å²) in [6, 6.07) is 0. The number of hydrogen-bond acceptors (Lipinski definition) is 7. The highest BCUT2D eigenvalue weighted by Gasteiger charge is 2.16. The quantitative estimate of drug-likeness (QED) is 0.441. The maximum atomic E-state index is 10.8. The number of Topliss-reactive ketones (excluding diaryl/α,β-unsaturated/α-hetero) is 1. The zero-order chi connectivity index (χ0) is 19.2. The van der Waals surface area contributed by atoms with Crippen LogP contribution in [0.15, 0.2) is 6.20 Å². The molecule has 1 fully saturated rings. The van der Waals surface area contributed by atoms with Crippen molar-refractivity contribution in [3.8, 4) is 0 Å². The van der Waals surface area contributed by atoms with E-state index in [4.69, 9.17) is 14.2 Å². The average Bonchev–Trinajstić information content (AvgIpc) is 3.08. The fourth-order valence-corrected chi connectivity index (χ4v) is 2.37. The van der Waals surface area contributed by atoms with Crippen LogP contribution < -0.4 is 0 Å². The second-order valence-corrected chi connectivity index (χ2v) is 5.94. The maximum absolute atomic E-state index is 10.8. The fraction of sp³-hybridized carbons (Fsp3) is 0.765. The number of likely N-dealkylation sites (tertiary alicyclic amines) is 1. The summed E-state index contributed by atoms with van der Waals surface area (Å²) < 4.78 is 17.1. The van der Waals surface area contributed by atoms with Crippen molar-refractivity contribution in [2.24, 2.45) is 0 Å². The van der Waals surface area contributed by atoms with Crippen molar-refractivity contribution in [1.29, 1.82) is 0 Å². The lowest BCUT2D eigenvalue weighted by atomic mass is 10.1. The predicted molar refractivity (Wildman–Crippen MR) is 94.5 cm³/mol. The number of carbonyl (C=O) groups excluding carboxylic acids is 2. The van der Waals surface area contributed by atoms with E-state index in [-0.39, 0.29) is 12.3 Å². The summed E-state index contributed by atoms with van der Waals surface area (Å²) in [6.45, 7) is 7.61. The number of hydrogen-bond donors (Lipinski definition) is 0. The Hall–Kier alpha value is -1.84. The Morgan fingerprint density at radius 1 is 1.31 bits per heavy atom. The van der Waals surface area contributed by atoms with Crippen LogP contribution in [-0.2, 0) is 37.0 Å². The molecule has 1 amide bonds. The minimum Gasteiger partial charge on any atom is -0.381 e. The third kappa shape index (κ3) is 9.59. The van der Waals surface area contributed by atoms with Gasteiger partial charge in [-0.15, -0.1) is 5.10 Å². The van der Waals surface area contributed by atoms with Crippen LogP contribution in [0.2, 0.25) is 0 Å². The van der Waals surface area contributed by atoms with E-state index in [1.807, 2.05) is 6.92 Å². The molecule has 9 heteroatoms. The van der Waals surface area contributed by atoms with E-state index in [1.54, 1.807) is 18.2 Å². The molecule has 2 rings (SSSR count). The van der Waals surface area contributed by atoms with Gasteiger partial charge in [-0.2, -0.15) is 0 Å². The van der Waals surface area contributed by atoms with Gasteiger partial charge < -0.3 is 19.1 Å². The van der Waals surface area contributed by atoms with Crippen LogP contribution >= 0.6 is 0 Å². The van der Waals surface area contributed by atoms with E-state index >= 15 is 0 Å². The molecule has 1 aliphatic heterocycles. The van der Waals surface area contributed by atoms with Crippen molar-refractivity contribution in [2.75, 3.05) is 40.0 Å². The zero-order valence-corrected chi connectivity index (χ0v) is 15.9. The fourth-order valence-electron chi connectivity index (χ4n) is 2.37. The second kappa shape index (κ2) is 13.4. The van der Waals surface area contributed by atoms with E-state index in [0.717, 1.165) is 38.0 Å². The van der Waals surface area contributed by atoms with Crippen LogP contribution in [0.4, 0.5) is 0 Å². The molecule has 1 aromatic rings. The van der Waals surface area contributed by atoms with Gasteiger partial charge in [0.25, 0.3) is 0 Å². The maximum Gasteiger partial charge on any atom is 0.209 e. The Labute approximate surface area is 154 Å². The first kappa shape index (κ1) is 22.2. The van der Waals surface area contributed by atoms with Crippen LogP contribution in [0.25, 0.3) is 0 Å². The first-order valence-electron chi connectivity index (χ1n) is 8.85. The highest BCUT2D eigenvalue weighted by Crippen LogP contribution is 2.10. The van der Waals surface area contributed by atoms with Crippen LogP contribution in [0.1, 0.15) is 32.4 Å². The van der Waals surface area contributed by atoms with Crippen molar-refractivity contribution < 1.29 is 23.8 Å². The van der Waals surface area contributed by atoms with Crippen molar-refractivity contribution >= 4 is 12.2 Å². The predicted octanol–water partition coefficient (Wildman–Crippen LogP) is 0.674. The van der Waals surface area contributed by atoms with Gasteiger partial charge in [0.2, 0.25) is 6.41 Å². The summed E-state index contributed by atoms with van der Waals surface area (Å²) in [7, 11) is 1.72. The molecule has 0 aliphatic carbocycles. The van der Waals surface area contributed by atoms with E-state index in [2.05, 4.69) is 10.3 Å². The largest absolute Gasteiger partial charge is 0.381 e. The Morgan fingerprint density at radius 3 is 2.58 bits per heavy atom. The molecule has 0 bridgehead atoms. The number of nitrogens with zero attached hydrogens (tertiary/aromatic N) is 4. The Balaban J connectivity index is 0.000000289. The summed E-state index contributed by atoms with van der Waals surface area (Å²) in [5, 5.41) is 7.69. The third-order valence-electron chi connectivity index (χ3n) is 3.76. The highest BCUT2D eigenvalue weighted by atomic mass is 16.5. The SMILES string of the molecule is CCOCCOCc1cn(CC(C)=O)nn1.COC1CCN(C=O)CC1. The number of amides is 1. The number of methoxy groups -OCH3 is 1. The number of carbonyl (C=O) groups is 2. The van der Waals surface area contributed by atoms with Gasteiger partial charge >= 0.3 is 0 Å². The molecule has 0 unspecified atom stereocenters. The second-order valence-electron chi connectivity index (χ2n) is 5.94. The third-order valence-corrected chi connectivity index (χ3v) is 3.76. The molecular weight excluding hydrogens is 340 g/mol. The summed E-state index contributed by atoms with van der Waals surface area (Å²) >= 11 is 0. The molecule has 1 saturated heterocycles. The summed E-state index contributed by atoms with van der Waals surface area (Å²) in [5.41, 5.74) is 0.720. The minimum atomic E-state index is 0.0497. The van der Waals surface area contributed by atoms with Crippen LogP contribution in [0.5, 0.6) is 0 Å². The van der Waals surface area contributed by atoms with Crippen LogP contribution in [-0.4, -0.2) is 78.2 Å². The molecular formula is C17H30N4O5. The molecule has 148 valence electrons. The Morgan fingerprint density at radius 2 is 2.00 bits per heavy atom. The van der Waals surface area contributed by atoms with Gasteiger partial charge in [-0.1, -0.05) is 5.21 Å². The van der Waals surface area contributed by atoms with E-state index in [0.29, 0.717) is 32.5 Å². The zero-order valence-electron chi connectivity index (χ0n) is 15.9. The van der Waals surface area contributed by atoms with Gasteiger partial charge in [0.15, 0.2) is 5.78 Å². The number of ether oxygens (including phenoxy) is 3. The van der Waals surface area contributed by atoms with Gasteiger partial charge in [-0.05, 0) is 26.7 Å². The van der Waals surface area contributed by atoms with Crippen LogP contribution in [0, 0.1) is 0 Å². The molecule has 0 atom stereocenters. The number of ketones is 1. The first-order valence-corrected chi connectivity index (χ1v) is 8.85. The molecule has 1 aromatic heterocycles. The molecule has 1 aliphatic rings. The van der Waals surface area contributed by atoms with Crippen molar-refractivity contribution in [3.05, 3.63) is 11.9 Å². The van der Waals surface area contributed by atoms with Gasteiger partial charge in [-0.3, -0.25) is 9.59 Å². The molecule has 0 N–H and O–H groups in total. The van der Waals surface area contributed by atoms with Crippen molar-refractivity contribution in [2.45, 2.75) is 45.9 Å². The van der Waals surface area contributed by atoms with Gasteiger partial charge in [0, 0.05) is 26.8 Å². The lowest BCUT2D eigenvalue weighted by molar-refractivity contribution is -0.120. The standard InChI is InChI=1S/C10H17N3O3.C7H13NO2/c1-3-15-4-5-16-8-10-7-13(12-11-10)6-9(2)14;1-10-7-2-4-8(6-9)5-3-7/h7H,3-6,8H2,1-2H3;6-7H,2-5H2,1H3. The minimum absolute atomic E-state index is 0.0497. The number of rotatable bonds is 10. The Kier molecular flexibility index (Phi) is 11.4. The molecule has 0 radical (unpaired) electrons. The molecule has 9 nitrogen and oxygen atoms in total. The molecule has 2 heterocycles. The smallest absolute Gasteiger partial charge is 0.209 e. The Bertz CT molecular complexity index is 515. The van der Waals surface area contributed by atoms with E-state index in [1.165, 1.54) is 11.6 Å². The number of piperidine rings is 1. The summed E-state index contributed by atoms with van der Waals surface area (Å²) in [6.07, 6.45) is 4.95. The molecule has 26 heavy (non-hydrogen) atoms. The normalized spacial score (nSPS) is 14.7. The summed E-state index contributed by atoms with van der Waals surface area (Å²) in [5.74, 6) is 0.0497. The van der Waals surface area contributed by atoms with E-state index < -0.39 is 0 Å². The molecule has 0 saturated carbocycles. The lowest BCUT2D eigenvalue weighted by Gasteiger charge is -2.27. The lowest BCUT2D eigenvalue weighted by Crippen LogP contribution is -2.35. The summed E-state index contributed by atoms with van der Waals surface area (Å²) in [4.78, 5) is 22.8. The first-order chi connectivity index (χ1) is 12.6. The van der Waals surface area contributed by atoms with Crippen molar-refractivity contribution in [1.82, 2.24) is 19.9 Å². The molecule has 0 aromatic carbocycles. The number of aromatic nitrogens is 3. The monoisotopic (exact) mass is 370 g/mol. The van der Waals surface area contributed by atoms with Crippen molar-refractivity contribution in [3.63, 3.8) is 0 Å². The average molecular weight is 370 g/mol. The topological polar surface area (TPSA) is 95.8 Å². The van der Waals surface area contributed by atoms with Crippen LogP contribution in [0.3, 0.4) is 0 Å².